The van der Waals surface area contributed by atoms with Crippen molar-refractivity contribution in [3.05, 3.63) is 0 Å². The van der Waals surface area contributed by atoms with Gasteiger partial charge in [0.2, 0.25) is 5.91 Å². The molecule has 0 aromatic carbocycles. The van der Waals surface area contributed by atoms with Crippen molar-refractivity contribution in [1.82, 2.24) is 10.2 Å². The Morgan fingerprint density at radius 1 is 1.44 bits per heavy atom. The fourth-order valence-electron chi connectivity index (χ4n) is 1.80. The molecule has 1 atom stereocenters. The lowest BCUT2D eigenvalue weighted by molar-refractivity contribution is -0.134. The number of unbranched alkanes of at least 4 members (excludes halogenated alkanes) is 1. The second kappa shape index (κ2) is 7.63. The van der Waals surface area contributed by atoms with Crippen LogP contribution in [0.25, 0.3) is 0 Å². The van der Waals surface area contributed by atoms with Crippen molar-refractivity contribution in [2.75, 3.05) is 32.8 Å². The molecule has 16 heavy (non-hydrogen) atoms. The molecule has 1 fully saturated rings. The minimum absolute atomic E-state index is 0.201. The highest BCUT2D eigenvalue weighted by Gasteiger charge is 2.16. The Balaban J connectivity index is 2.13. The SMILES string of the molecule is CCCCC(C)NCC(=O)N1CCOCC1. The van der Waals surface area contributed by atoms with Crippen LogP contribution >= 0.6 is 0 Å². The van der Waals surface area contributed by atoms with Crippen molar-refractivity contribution >= 4 is 5.91 Å². The van der Waals surface area contributed by atoms with E-state index >= 15 is 0 Å². The van der Waals surface area contributed by atoms with Gasteiger partial charge in [0.25, 0.3) is 0 Å². The molecule has 1 unspecified atom stereocenters. The molecule has 94 valence electrons. The summed E-state index contributed by atoms with van der Waals surface area (Å²) in [6, 6.07) is 0.435. The third-order valence-corrected chi connectivity index (χ3v) is 2.96. The maximum absolute atomic E-state index is 11.8. The fraction of sp³-hybridized carbons (Fsp3) is 0.917. The zero-order valence-electron chi connectivity index (χ0n) is 10.5. The molecule has 0 radical (unpaired) electrons. The van der Waals surface area contributed by atoms with Crippen molar-refractivity contribution < 1.29 is 9.53 Å². The maximum Gasteiger partial charge on any atom is 0.236 e. The van der Waals surface area contributed by atoms with Gasteiger partial charge in [-0.2, -0.15) is 0 Å². The van der Waals surface area contributed by atoms with Gasteiger partial charge >= 0.3 is 0 Å². The predicted molar refractivity (Wildman–Crippen MR) is 64.4 cm³/mol. The highest BCUT2D eigenvalue weighted by atomic mass is 16.5. The largest absolute Gasteiger partial charge is 0.378 e. The van der Waals surface area contributed by atoms with E-state index in [9.17, 15) is 4.79 Å². The molecule has 0 aromatic rings. The maximum atomic E-state index is 11.8. The van der Waals surface area contributed by atoms with Gasteiger partial charge in [0.05, 0.1) is 19.8 Å². The second-order valence-electron chi connectivity index (χ2n) is 4.42. The van der Waals surface area contributed by atoms with E-state index in [1.165, 1.54) is 12.8 Å². The van der Waals surface area contributed by atoms with Gasteiger partial charge in [-0.1, -0.05) is 19.8 Å². The number of morpholine rings is 1. The zero-order valence-corrected chi connectivity index (χ0v) is 10.5. The van der Waals surface area contributed by atoms with Crippen LogP contribution in [0.3, 0.4) is 0 Å². The molecule has 1 saturated heterocycles. The molecule has 0 spiro atoms. The molecular weight excluding hydrogens is 204 g/mol. The molecule has 0 saturated carbocycles. The van der Waals surface area contributed by atoms with E-state index in [4.69, 9.17) is 4.74 Å². The van der Waals surface area contributed by atoms with E-state index in [0.717, 1.165) is 19.5 Å². The normalized spacial score (nSPS) is 18.5. The molecular formula is C12H24N2O2. The molecule has 1 heterocycles. The number of nitrogens with zero attached hydrogens (tertiary/aromatic N) is 1. The Labute approximate surface area is 98.3 Å². The Morgan fingerprint density at radius 3 is 2.75 bits per heavy atom. The van der Waals surface area contributed by atoms with Crippen molar-refractivity contribution in [2.45, 2.75) is 39.2 Å². The van der Waals surface area contributed by atoms with Crippen molar-refractivity contribution in [2.24, 2.45) is 0 Å². The molecule has 0 aliphatic carbocycles. The Hall–Kier alpha value is -0.610. The van der Waals surface area contributed by atoms with Crippen molar-refractivity contribution in [3.63, 3.8) is 0 Å². The lowest BCUT2D eigenvalue weighted by atomic mass is 10.1. The van der Waals surface area contributed by atoms with Gasteiger partial charge in [0.15, 0.2) is 0 Å². The summed E-state index contributed by atoms with van der Waals surface area (Å²) >= 11 is 0. The topological polar surface area (TPSA) is 41.6 Å². The Bertz CT molecular complexity index is 203. The second-order valence-corrected chi connectivity index (χ2v) is 4.42. The average Bonchev–Trinajstić information content (AvgIpc) is 2.34. The standard InChI is InChI=1S/C12H24N2O2/c1-3-4-5-11(2)13-10-12(15)14-6-8-16-9-7-14/h11,13H,3-10H2,1-2H3. The number of carbonyl (C=O) groups excluding carboxylic acids is 1. The van der Waals surface area contributed by atoms with Crippen LogP contribution in [0, 0.1) is 0 Å². The number of carbonyl (C=O) groups is 1. The molecule has 1 amide bonds. The van der Waals surface area contributed by atoms with Gasteiger partial charge in [-0.25, -0.2) is 0 Å². The summed E-state index contributed by atoms with van der Waals surface area (Å²) in [4.78, 5) is 13.7. The summed E-state index contributed by atoms with van der Waals surface area (Å²) in [5.41, 5.74) is 0. The van der Waals surface area contributed by atoms with Gasteiger partial charge < -0.3 is 15.0 Å². The van der Waals surface area contributed by atoms with E-state index in [1.807, 2.05) is 4.90 Å². The minimum Gasteiger partial charge on any atom is -0.378 e. The fourth-order valence-corrected chi connectivity index (χ4v) is 1.80. The number of hydrogen-bond acceptors (Lipinski definition) is 3. The van der Waals surface area contributed by atoms with Crippen LogP contribution in [0.15, 0.2) is 0 Å². The molecule has 1 rings (SSSR count). The van der Waals surface area contributed by atoms with Crippen LogP contribution in [0.2, 0.25) is 0 Å². The van der Waals surface area contributed by atoms with Gasteiger partial charge in [0, 0.05) is 19.1 Å². The molecule has 0 bridgehead atoms. The highest BCUT2D eigenvalue weighted by Crippen LogP contribution is 2.00. The minimum atomic E-state index is 0.201. The van der Waals surface area contributed by atoms with Crippen LogP contribution in [0.5, 0.6) is 0 Å². The number of ether oxygens (including phenoxy) is 1. The third kappa shape index (κ3) is 4.94. The third-order valence-electron chi connectivity index (χ3n) is 2.96. The first-order chi connectivity index (χ1) is 7.74. The molecule has 4 nitrogen and oxygen atoms in total. The number of nitrogens with one attached hydrogen (secondary N) is 1. The molecule has 1 N–H and O–H groups in total. The van der Waals surface area contributed by atoms with Gasteiger partial charge in [-0.3, -0.25) is 4.79 Å². The first-order valence-corrected chi connectivity index (χ1v) is 6.33. The van der Waals surface area contributed by atoms with Crippen molar-refractivity contribution in [3.8, 4) is 0 Å². The Morgan fingerprint density at radius 2 is 2.12 bits per heavy atom. The van der Waals surface area contributed by atoms with Gasteiger partial charge in [-0.05, 0) is 13.3 Å². The first kappa shape index (κ1) is 13.5. The number of rotatable bonds is 6. The smallest absolute Gasteiger partial charge is 0.236 e. The van der Waals surface area contributed by atoms with Crippen LogP contribution in [0.1, 0.15) is 33.1 Å². The highest BCUT2D eigenvalue weighted by molar-refractivity contribution is 5.78. The van der Waals surface area contributed by atoms with E-state index in [1.54, 1.807) is 0 Å². The van der Waals surface area contributed by atoms with E-state index in [-0.39, 0.29) is 5.91 Å². The van der Waals surface area contributed by atoms with Gasteiger partial charge in [0.1, 0.15) is 0 Å². The van der Waals surface area contributed by atoms with Crippen LogP contribution in [-0.4, -0.2) is 49.7 Å². The van der Waals surface area contributed by atoms with Crippen LogP contribution < -0.4 is 5.32 Å². The lowest BCUT2D eigenvalue weighted by Crippen LogP contribution is -2.46. The van der Waals surface area contributed by atoms with E-state index < -0.39 is 0 Å². The van der Waals surface area contributed by atoms with Crippen LogP contribution in [-0.2, 0) is 9.53 Å². The van der Waals surface area contributed by atoms with Crippen LogP contribution in [0.4, 0.5) is 0 Å². The number of amides is 1. The summed E-state index contributed by atoms with van der Waals surface area (Å²) in [7, 11) is 0. The monoisotopic (exact) mass is 228 g/mol. The molecule has 1 aliphatic rings. The summed E-state index contributed by atoms with van der Waals surface area (Å²) in [6.07, 6.45) is 3.58. The summed E-state index contributed by atoms with van der Waals surface area (Å²) in [5.74, 6) is 0.201. The summed E-state index contributed by atoms with van der Waals surface area (Å²) in [6.45, 7) is 7.63. The molecule has 4 heteroatoms. The number of hydrogen-bond donors (Lipinski definition) is 1. The predicted octanol–water partition coefficient (Wildman–Crippen LogP) is 1.01. The van der Waals surface area contributed by atoms with Gasteiger partial charge in [-0.15, -0.1) is 0 Å². The lowest BCUT2D eigenvalue weighted by Gasteiger charge is -2.27. The summed E-state index contributed by atoms with van der Waals surface area (Å²) < 4.78 is 5.21. The molecule has 0 aromatic heterocycles. The summed E-state index contributed by atoms with van der Waals surface area (Å²) in [5, 5.41) is 3.28. The first-order valence-electron chi connectivity index (χ1n) is 6.33. The average molecular weight is 228 g/mol. The quantitative estimate of drug-likeness (QED) is 0.738. The Kier molecular flexibility index (Phi) is 6.42. The zero-order chi connectivity index (χ0) is 11.8. The van der Waals surface area contributed by atoms with E-state index in [0.29, 0.717) is 25.8 Å². The molecule has 1 aliphatic heterocycles. The van der Waals surface area contributed by atoms with Crippen molar-refractivity contribution in [1.29, 1.82) is 0 Å². The van der Waals surface area contributed by atoms with E-state index in [2.05, 4.69) is 19.2 Å².